The maximum Gasteiger partial charge on any atom is 0.314 e. The fourth-order valence-electron chi connectivity index (χ4n) is 2.25. The quantitative estimate of drug-likeness (QED) is 0.822. The summed E-state index contributed by atoms with van der Waals surface area (Å²) in [5.74, 6) is -0.665. The van der Waals surface area contributed by atoms with Crippen LogP contribution in [0.5, 0.6) is 0 Å². The molecular formula is C13H16O2. The summed E-state index contributed by atoms with van der Waals surface area (Å²) in [6, 6.07) is 8.02. The molecular weight excluding hydrogens is 188 g/mol. The smallest absolute Gasteiger partial charge is 0.314 e. The molecule has 1 fully saturated rings. The number of carboxylic acids is 1. The first kappa shape index (κ1) is 10.2. The van der Waals surface area contributed by atoms with Gasteiger partial charge in [-0.3, -0.25) is 4.79 Å². The monoisotopic (exact) mass is 204 g/mol. The summed E-state index contributed by atoms with van der Waals surface area (Å²) in [6.45, 7) is 2.09. The minimum Gasteiger partial charge on any atom is -0.481 e. The first-order valence-electron chi connectivity index (χ1n) is 5.52. The molecule has 0 radical (unpaired) electrons. The van der Waals surface area contributed by atoms with E-state index in [1.165, 1.54) is 5.56 Å². The lowest BCUT2D eigenvalue weighted by atomic mass is 9.64. The molecule has 2 heteroatoms. The molecule has 1 aliphatic rings. The van der Waals surface area contributed by atoms with Gasteiger partial charge < -0.3 is 5.11 Å². The van der Waals surface area contributed by atoms with Crippen molar-refractivity contribution in [1.29, 1.82) is 0 Å². The van der Waals surface area contributed by atoms with E-state index in [-0.39, 0.29) is 0 Å². The van der Waals surface area contributed by atoms with E-state index in [9.17, 15) is 9.90 Å². The Bertz CT molecular complexity index is 378. The van der Waals surface area contributed by atoms with Crippen LogP contribution in [0.15, 0.2) is 24.3 Å². The van der Waals surface area contributed by atoms with Crippen molar-refractivity contribution in [3.05, 3.63) is 35.4 Å². The van der Waals surface area contributed by atoms with Crippen LogP contribution in [-0.4, -0.2) is 11.1 Å². The molecule has 0 aliphatic heterocycles. The van der Waals surface area contributed by atoms with Crippen LogP contribution in [0.3, 0.4) is 0 Å². The SMILES string of the molecule is CCc1cccc(C2(C(=O)O)CCC2)c1. The van der Waals surface area contributed by atoms with E-state index < -0.39 is 11.4 Å². The fourth-order valence-corrected chi connectivity index (χ4v) is 2.25. The molecule has 0 heterocycles. The zero-order valence-electron chi connectivity index (χ0n) is 8.99. The standard InChI is InChI=1S/C13H16O2/c1-2-10-5-3-6-11(9-10)13(12(14)15)7-4-8-13/h3,5-6,9H,2,4,7-8H2,1H3,(H,14,15). The third kappa shape index (κ3) is 1.54. The minimum absolute atomic E-state index is 0.578. The Hall–Kier alpha value is -1.31. The summed E-state index contributed by atoms with van der Waals surface area (Å²) < 4.78 is 0. The van der Waals surface area contributed by atoms with Gasteiger partial charge in [-0.1, -0.05) is 37.6 Å². The molecule has 0 unspecified atom stereocenters. The molecule has 80 valence electrons. The van der Waals surface area contributed by atoms with E-state index in [1.54, 1.807) is 0 Å². The van der Waals surface area contributed by atoms with Gasteiger partial charge in [-0.15, -0.1) is 0 Å². The number of benzene rings is 1. The van der Waals surface area contributed by atoms with Crippen LogP contribution in [0.25, 0.3) is 0 Å². The van der Waals surface area contributed by atoms with Crippen molar-refractivity contribution in [2.24, 2.45) is 0 Å². The topological polar surface area (TPSA) is 37.3 Å². The lowest BCUT2D eigenvalue weighted by molar-refractivity contribution is -0.147. The number of aryl methyl sites for hydroxylation is 1. The van der Waals surface area contributed by atoms with Crippen LogP contribution in [0.1, 0.15) is 37.3 Å². The maximum atomic E-state index is 11.3. The molecule has 2 nitrogen and oxygen atoms in total. The van der Waals surface area contributed by atoms with Gasteiger partial charge in [0.15, 0.2) is 0 Å². The van der Waals surface area contributed by atoms with Gasteiger partial charge in [-0.2, -0.15) is 0 Å². The normalized spacial score (nSPS) is 18.2. The van der Waals surface area contributed by atoms with Crippen LogP contribution in [-0.2, 0) is 16.6 Å². The highest BCUT2D eigenvalue weighted by Gasteiger charge is 2.45. The molecule has 0 saturated heterocycles. The zero-order chi connectivity index (χ0) is 10.9. The number of carboxylic acid groups (broad SMARTS) is 1. The second kappa shape index (κ2) is 3.69. The summed E-state index contributed by atoms with van der Waals surface area (Å²) in [7, 11) is 0. The van der Waals surface area contributed by atoms with E-state index in [0.29, 0.717) is 0 Å². The first-order chi connectivity index (χ1) is 7.19. The second-order valence-corrected chi connectivity index (χ2v) is 4.29. The zero-order valence-corrected chi connectivity index (χ0v) is 8.99. The lowest BCUT2D eigenvalue weighted by Gasteiger charge is -2.38. The molecule has 1 saturated carbocycles. The Morgan fingerprint density at radius 1 is 1.47 bits per heavy atom. The Morgan fingerprint density at radius 2 is 2.20 bits per heavy atom. The van der Waals surface area contributed by atoms with Crippen molar-refractivity contribution in [3.63, 3.8) is 0 Å². The van der Waals surface area contributed by atoms with Gasteiger partial charge in [-0.25, -0.2) is 0 Å². The summed E-state index contributed by atoms with van der Waals surface area (Å²) >= 11 is 0. The van der Waals surface area contributed by atoms with Crippen molar-refractivity contribution < 1.29 is 9.90 Å². The summed E-state index contributed by atoms with van der Waals surface area (Å²) in [6.07, 6.45) is 3.57. The van der Waals surface area contributed by atoms with E-state index in [1.807, 2.05) is 18.2 Å². The van der Waals surface area contributed by atoms with Gasteiger partial charge in [0.2, 0.25) is 0 Å². The van der Waals surface area contributed by atoms with Gasteiger partial charge in [0.25, 0.3) is 0 Å². The van der Waals surface area contributed by atoms with Crippen molar-refractivity contribution in [2.45, 2.75) is 38.0 Å². The van der Waals surface area contributed by atoms with E-state index in [2.05, 4.69) is 13.0 Å². The Balaban J connectivity index is 2.38. The van der Waals surface area contributed by atoms with Crippen LogP contribution in [0, 0.1) is 0 Å². The highest BCUT2D eigenvalue weighted by atomic mass is 16.4. The number of hydrogen-bond acceptors (Lipinski definition) is 1. The van der Waals surface area contributed by atoms with Crippen molar-refractivity contribution >= 4 is 5.97 Å². The molecule has 1 aromatic carbocycles. The third-order valence-corrected chi connectivity index (χ3v) is 3.50. The van der Waals surface area contributed by atoms with Crippen LogP contribution in [0.4, 0.5) is 0 Å². The van der Waals surface area contributed by atoms with E-state index >= 15 is 0 Å². The maximum absolute atomic E-state index is 11.3. The van der Waals surface area contributed by atoms with Crippen LogP contribution in [0.2, 0.25) is 0 Å². The molecule has 1 aliphatic carbocycles. The number of hydrogen-bond donors (Lipinski definition) is 1. The highest BCUT2D eigenvalue weighted by Crippen LogP contribution is 2.44. The molecule has 1 aromatic rings. The highest BCUT2D eigenvalue weighted by molar-refractivity contribution is 5.82. The van der Waals surface area contributed by atoms with Crippen LogP contribution < -0.4 is 0 Å². The number of rotatable bonds is 3. The van der Waals surface area contributed by atoms with Crippen molar-refractivity contribution in [2.75, 3.05) is 0 Å². The van der Waals surface area contributed by atoms with Gasteiger partial charge in [0.05, 0.1) is 5.41 Å². The third-order valence-electron chi connectivity index (χ3n) is 3.50. The van der Waals surface area contributed by atoms with Crippen molar-refractivity contribution in [1.82, 2.24) is 0 Å². The van der Waals surface area contributed by atoms with Gasteiger partial charge >= 0.3 is 5.97 Å². The predicted octanol–water partition coefficient (Wildman–Crippen LogP) is 2.76. The largest absolute Gasteiger partial charge is 0.481 e. The molecule has 0 spiro atoms. The molecule has 0 atom stereocenters. The molecule has 0 bridgehead atoms. The van der Waals surface area contributed by atoms with E-state index in [4.69, 9.17) is 0 Å². The Morgan fingerprint density at radius 3 is 2.67 bits per heavy atom. The van der Waals surface area contributed by atoms with Crippen LogP contribution >= 0.6 is 0 Å². The minimum atomic E-state index is -0.665. The summed E-state index contributed by atoms with van der Waals surface area (Å²) in [4.78, 5) is 11.3. The molecule has 15 heavy (non-hydrogen) atoms. The second-order valence-electron chi connectivity index (χ2n) is 4.29. The summed E-state index contributed by atoms with van der Waals surface area (Å²) in [5.41, 5.74) is 1.63. The van der Waals surface area contributed by atoms with Gasteiger partial charge in [-0.05, 0) is 30.4 Å². The van der Waals surface area contributed by atoms with Gasteiger partial charge in [0.1, 0.15) is 0 Å². The average Bonchev–Trinajstić information content (AvgIpc) is 2.16. The number of carbonyl (C=O) groups is 1. The fraction of sp³-hybridized carbons (Fsp3) is 0.462. The molecule has 2 rings (SSSR count). The first-order valence-corrected chi connectivity index (χ1v) is 5.52. The summed E-state index contributed by atoms with van der Waals surface area (Å²) in [5, 5.41) is 9.30. The molecule has 0 amide bonds. The predicted molar refractivity (Wildman–Crippen MR) is 59.0 cm³/mol. The van der Waals surface area contributed by atoms with Gasteiger partial charge in [0, 0.05) is 0 Å². The molecule has 1 N–H and O–H groups in total. The lowest BCUT2D eigenvalue weighted by Crippen LogP contribution is -2.42. The average molecular weight is 204 g/mol. The van der Waals surface area contributed by atoms with E-state index in [0.717, 1.165) is 31.2 Å². The molecule has 0 aromatic heterocycles. The van der Waals surface area contributed by atoms with Crippen molar-refractivity contribution in [3.8, 4) is 0 Å². The Labute approximate surface area is 89.9 Å². The number of aliphatic carboxylic acids is 1. The Kier molecular flexibility index (Phi) is 2.51.